The quantitative estimate of drug-likeness (QED) is 0.385. The molecule has 0 bridgehead atoms. The maximum absolute atomic E-state index is 11.9. The van der Waals surface area contributed by atoms with Gasteiger partial charge in [0.25, 0.3) is 10.1 Å². The van der Waals surface area contributed by atoms with E-state index in [2.05, 4.69) is 6.92 Å². The Morgan fingerprint density at radius 3 is 2.15 bits per heavy atom. The summed E-state index contributed by atoms with van der Waals surface area (Å²) in [6.07, 6.45) is 8.68. The van der Waals surface area contributed by atoms with Crippen molar-refractivity contribution in [2.45, 2.75) is 63.2 Å². The van der Waals surface area contributed by atoms with Crippen LogP contribution in [0.5, 0.6) is 11.5 Å². The highest BCUT2D eigenvalue weighted by molar-refractivity contribution is 7.86. The van der Waals surface area contributed by atoms with E-state index in [0.29, 0.717) is 17.7 Å². The second-order valence-corrected chi connectivity index (χ2v) is 7.86. The molecular formula is C21H28O4S. The lowest BCUT2D eigenvalue weighted by Crippen LogP contribution is -2.06. The normalized spacial score (nSPS) is 11.5. The monoisotopic (exact) mass is 376 g/mol. The summed E-state index contributed by atoms with van der Waals surface area (Å²) in [4.78, 5) is -0.116. The standard InChI is InChI=1S/C21H28O4S/c1-2-3-4-5-6-7-9-13-18-14-12-17-20(21(18)26(22,23)24)25-19-15-10-8-11-16-19/h8,10-12,14-17H,2-7,9,13H2,1H3,(H,22,23,24). The number of hydrogen-bond donors (Lipinski definition) is 1. The van der Waals surface area contributed by atoms with Crippen LogP contribution in [0.2, 0.25) is 0 Å². The van der Waals surface area contributed by atoms with E-state index in [1.807, 2.05) is 18.2 Å². The van der Waals surface area contributed by atoms with E-state index in [9.17, 15) is 13.0 Å². The third-order valence-corrected chi connectivity index (χ3v) is 5.32. The van der Waals surface area contributed by atoms with Crippen LogP contribution in [0.4, 0.5) is 0 Å². The van der Waals surface area contributed by atoms with E-state index >= 15 is 0 Å². The predicted molar refractivity (Wildman–Crippen MR) is 104 cm³/mol. The zero-order chi connectivity index (χ0) is 18.8. The third kappa shape index (κ3) is 6.46. The van der Waals surface area contributed by atoms with Gasteiger partial charge in [-0.15, -0.1) is 0 Å². The Morgan fingerprint density at radius 1 is 0.846 bits per heavy atom. The highest BCUT2D eigenvalue weighted by atomic mass is 32.2. The minimum absolute atomic E-state index is 0.116. The van der Waals surface area contributed by atoms with Gasteiger partial charge in [0.2, 0.25) is 0 Å². The zero-order valence-electron chi connectivity index (χ0n) is 15.4. The van der Waals surface area contributed by atoms with Gasteiger partial charge in [0.05, 0.1) is 0 Å². The van der Waals surface area contributed by atoms with E-state index in [1.165, 1.54) is 25.7 Å². The molecule has 0 spiro atoms. The van der Waals surface area contributed by atoms with Crippen LogP contribution < -0.4 is 4.74 Å². The Morgan fingerprint density at radius 2 is 1.50 bits per heavy atom. The fourth-order valence-electron chi connectivity index (χ4n) is 3.02. The summed E-state index contributed by atoms with van der Waals surface area (Å²) in [5.74, 6) is 0.699. The molecule has 0 aliphatic heterocycles. The highest BCUT2D eigenvalue weighted by Crippen LogP contribution is 2.32. The van der Waals surface area contributed by atoms with Crippen molar-refractivity contribution in [1.82, 2.24) is 0 Å². The molecule has 0 amide bonds. The molecule has 0 atom stereocenters. The van der Waals surface area contributed by atoms with Crippen LogP contribution in [0.3, 0.4) is 0 Å². The molecule has 0 heterocycles. The average Bonchev–Trinajstić information content (AvgIpc) is 2.61. The summed E-state index contributed by atoms with van der Waals surface area (Å²) in [6.45, 7) is 2.20. The summed E-state index contributed by atoms with van der Waals surface area (Å²) in [6, 6.07) is 14.1. The Bertz CT molecular complexity index is 770. The van der Waals surface area contributed by atoms with Gasteiger partial charge in [-0.2, -0.15) is 8.42 Å². The van der Waals surface area contributed by atoms with Crippen molar-refractivity contribution in [3.63, 3.8) is 0 Å². The van der Waals surface area contributed by atoms with Crippen LogP contribution in [0.15, 0.2) is 53.4 Å². The van der Waals surface area contributed by atoms with Gasteiger partial charge in [0, 0.05) is 0 Å². The molecule has 0 unspecified atom stereocenters. The average molecular weight is 377 g/mol. The minimum Gasteiger partial charge on any atom is -0.456 e. The number of para-hydroxylation sites is 1. The molecule has 0 aliphatic rings. The van der Waals surface area contributed by atoms with Crippen molar-refractivity contribution >= 4 is 10.1 Å². The maximum Gasteiger partial charge on any atom is 0.298 e. The van der Waals surface area contributed by atoms with E-state index in [1.54, 1.807) is 30.3 Å². The predicted octanol–water partition coefficient (Wildman–Crippen LogP) is 6.02. The summed E-state index contributed by atoms with van der Waals surface area (Å²) < 4.78 is 39.3. The Kier molecular flexibility index (Phi) is 8.13. The summed E-state index contributed by atoms with van der Waals surface area (Å²) in [5, 5.41) is 0. The van der Waals surface area contributed by atoms with Gasteiger partial charge in [-0.25, -0.2) is 0 Å². The van der Waals surface area contributed by atoms with Gasteiger partial charge >= 0.3 is 0 Å². The molecule has 26 heavy (non-hydrogen) atoms. The van der Waals surface area contributed by atoms with Gasteiger partial charge < -0.3 is 4.74 Å². The molecule has 142 valence electrons. The fourth-order valence-corrected chi connectivity index (χ4v) is 3.88. The van der Waals surface area contributed by atoms with Crippen molar-refractivity contribution < 1.29 is 17.7 Å². The van der Waals surface area contributed by atoms with Crippen molar-refractivity contribution in [2.75, 3.05) is 0 Å². The Labute approximate surface area is 157 Å². The lowest BCUT2D eigenvalue weighted by atomic mass is 10.0. The lowest BCUT2D eigenvalue weighted by Gasteiger charge is -2.13. The van der Waals surface area contributed by atoms with E-state index < -0.39 is 10.1 Å². The van der Waals surface area contributed by atoms with Crippen LogP contribution in [0.25, 0.3) is 0 Å². The number of rotatable bonds is 11. The summed E-state index contributed by atoms with van der Waals surface area (Å²) >= 11 is 0. The Hall–Kier alpha value is -1.85. The fraction of sp³-hybridized carbons (Fsp3) is 0.429. The minimum atomic E-state index is -4.36. The van der Waals surface area contributed by atoms with Crippen LogP contribution >= 0.6 is 0 Å². The van der Waals surface area contributed by atoms with Crippen molar-refractivity contribution in [1.29, 1.82) is 0 Å². The van der Waals surface area contributed by atoms with Crippen LogP contribution in [-0.4, -0.2) is 13.0 Å². The van der Waals surface area contributed by atoms with Crippen LogP contribution in [-0.2, 0) is 16.5 Å². The van der Waals surface area contributed by atoms with Gasteiger partial charge in [-0.3, -0.25) is 4.55 Å². The van der Waals surface area contributed by atoms with Gasteiger partial charge in [0.15, 0.2) is 0 Å². The number of aryl methyl sites for hydroxylation is 1. The van der Waals surface area contributed by atoms with Crippen molar-refractivity contribution in [3.8, 4) is 11.5 Å². The number of benzene rings is 2. The molecule has 0 saturated carbocycles. The molecule has 0 saturated heterocycles. The first-order chi connectivity index (χ1) is 12.5. The molecule has 0 aromatic heterocycles. The molecule has 0 radical (unpaired) electrons. The lowest BCUT2D eigenvalue weighted by molar-refractivity contribution is 0.447. The molecule has 2 aromatic carbocycles. The summed E-state index contributed by atoms with van der Waals surface area (Å²) in [7, 11) is -4.36. The largest absolute Gasteiger partial charge is 0.456 e. The smallest absolute Gasteiger partial charge is 0.298 e. The van der Waals surface area contributed by atoms with E-state index in [0.717, 1.165) is 19.3 Å². The van der Waals surface area contributed by atoms with Crippen LogP contribution in [0, 0.1) is 0 Å². The van der Waals surface area contributed by atoms with E-state index in [-0.39, 0.29) is 10.6 Å². The first-order valence-corrected chi connectivity index (χ1v) is 10.8. The van der Waals surface area contributed by atoms with Crippen LogP contribution in [0.1, 0.15) is 57.4 Å². The van der Waals surface area contributed by atoms with E-state index in [4.69, 9.17) is 4.74 Å². The van der Waals surface area contributed by atoms with Gasteiger partial charge in [0.1, 0.15) is 16.4 Å². The number of hydrogen-bond acceptors (Lipinski definition) is 3. The second kappa shape index (κ2) is 10.3. The first kappa shape index (κ1) is 20.5. The number of ether oxygens (including phenoxy) is 1. The molecule has 2 rings (SSSR count). The highest BCUT2D eigenvalue weighted by Gasteiger charge is 2.21. The maximum atomic E-state index is 11.9. The van der Waals surface area contributed by atoms with Crippen molar-refractivity contribution in [2.24, 2.45) is 0 Å². The first-order valence-electron chi connectivity index (χ1n) is 9.34. The topological polar surface area (TPSA) is 63.6 Å². The molecule has 2 aromatic rings. The van der Waals surface area contributed by atoms with Crippen molar-refractivity contribution in [3.05, 3.63) is 54.1 Å². The molecule has 0 fully saturated rings. The molecule has 0 aliphatic carbocycles. The zero-order valence-corrected chi connectivity index (χ0v) is 16.2. The molecule has 1 N–H and O–H groups in total. The third-order valence-electron chi connectivity index (χ3n) is 4.34. The SMILES string of the molecule is CCCCCCCCCc1cccc(Oc2ccccc2)c1S(=O)(=O)O. The molecular weight excluding hydrogens is 348 g/mol. The number of unbranched alkanes of at least 4 members (excludes halogenated alkanes) is 6. The van der Waals surface area contributed by atoms with Gasteiger partial charge in [-0.05, 0) is 36.6 Å². The molecule has 5 heteroatoms. The van der Waals surface area contributed by atoms with Gasteiger partial charge in [-0.1, -0.05) is 75.8 Å². The molecule has 4 nitrogen and oxygen atoms in total. The summed E-state index contributed by atoms with van der Waals surface area (Å²) in [5.41, 5.74) is 0.606. The second-order valence-electron chi connectivity index (χ2n) is 6.51. The Balaban J connectivity index is 2.07.